The Balaban J connectivity index is 1.46. The van der Waals surface area contributed by atoms with E-state index < -0.39 is 0 Å². The number of H-pyrrole nitrogens is 1. The molecular formula is C27H41N7O3. The van der Waals surface area contributed by atoms with Gasteiger partial charge >= 0.3 is 11.7 Å². The van der Waals surface area contributed by atoms with Gasteiger partial charge < -0.3 is 30.4 Å². The average Bonchev–Trinajstić information content (AvgIpc) is 3.24. The van der Waals surface area contributed by atoms with Crippen molar-refractivity contribution >= 4 is 17.0 Å². The van der Waals surface area contributed by atoms with Crippen LogP contribution in [0.4, 0.5) is 5.82 Å². The van der Waals surface area contributed by atoms with Crippen molar-refractivity contribution in [2.45, 2.75) is 51.5 Å². The van der Waals surface area contributed by atoms with E-state index in [9.17, 15) is 4.79 Å². The van der Waals surface area contributed by atoms with Crippen LogP contribution < -0.4 is 26.2 Å². The van der Waals surface area contributed by atoms with Crippen molar-refractivity contribution in [3.8, 4) is 11.8 Å². The maximum atomic E-state index is 13.2. The second-order valence-corrected chi connectivity index (χ2v) is 9.85. The Labute approximate surface area is 218 Å². The van der Waals surface area contributed by atoms with Gasteiger partial charge in [-0.05, 0) is 76.8 Å². The normalized spacial score (nSPS) is 15.3. The predicted molar refractivity (Wildman–Crippen MR) is 146 cm³/mol. The topological polar surface area (TPSA) is 123 Å². The maximum absolute atomic E-state index is 13.2. The molecule has 1 fully saturated rings. The third kappa shape index (κ3) is 7.23. The third-order valence-corrected chi connectivity index (χ3v) is 7.09. The third-order valence-electron chi connectivity index (χ3n) is 7.09. The van der Waals surface area contributed by atoms with Crippen molar-refractivity contribution in [1.29, 1.82) is 0 Å². The van der Waals surface area contributed by atoms with Crippen LogP contribution in [-0.2, 0) is 0 Å². The first-order valence-electron chi connectivity index (χ1n) is 13.5. The van der Waals surface area contributed by atoms with Crippen molar-refractivity contribution in [3.63, 3.8) is 0 Å². The van der Waals surface area contributed by atoms with E-state index in [2.05, 4.69) is 39.1 Å². The number of para-hydroxylation sites is 1. The lowest BCUT2D eigenvalue weighted by Crippen LogP contribution is -2.36. The Bertz CT molecular complexity index is 1160. The molecule has 1 unspecified atom stereocenters. The first-order chi connectivity index (χ1) is 18.1. The van der Waals surface area contributed by atoms with Gasteiger partial charge in [0, 0.05) is 12.6 Å². The van der Waals surface area contributed by atoms with E-state index in [-0.39, 0.29) is 23.6 Å². The van der Waals surface area contributed by atoms with Crippen LogP contribution in [0, 0.1) is 5.92 Å². The number of aromatic amines is 1. The molecule has 0 amide bonds. The van der Waals surface area contributed by atoms with Crippen LogP contribution in [0.15, 0.2) is 35.1 Å². The molecule has 10 nitrogen and oxygen atoms in total. The minimum Gasteiger partial charge on any atom is -0.492 e. The summed E-state index contributed by atoms with van der Waals surface area (Å²) in [6, 6.07) is 10.1. The average molecular weight is 512 g/mol. The number of anilines is 1. The highest BCUT2D eigenvalue weighted by atomic mass is 16.5. The zero-order valence-corrected chi connectivity index (χ0v) is 22.1. The van der Waals surface area contributed by atoms with Gasteiger partial charge in [-0.2, -0.15) is 9.97 Å². The summed E-state index contributed by atoms with van der Waals surface area (Å²) in [5.41, 5.74) is 7.05. The molecule has 3 aromatic rings. The van der Waals surface area contributed by atoms with Gasteiger partial charge in [-0.25, -0.2) is 4.79 Å². The molecular weight excluding hydrogens is 470 g/mol. The summed E-state index contributed by atoms with van der Waals surface area (Å²) in [6.07, 6.45) is 5.78. The second-order valence-electron chi connectivity index (χ2n) is 9.85. The van der Waals surface area contributed by atoms with Crippen molar-refractivity contribution in [2.75, 3.05) is 52.2 Å². The number of nitrogens with zero attached hydrogens (tertiary/aromatic N) is 4. The van der Waals surface area contributed by atoms with Gasteiger partial charge in [0.25, 0.3) is 0 Å². The van der Waals surface area contributed by atoms with Crippen LogP contribution in [0.5, 0.6) is 11.8 Å². The number of nitrogen functional groups attached to an aromatic ring is 1. The number of ether oxygens (including phenoxy) is 2. The zero-order valence-electron chi connectivity index (χ0n) is 22.1. The number of nitrogens with two attached hydrogens (primary N) is 1. The van der Waals surface area contributed by atoms with Crippen LogP contribution in [0.3, 0.4) is 0 Å². The molecule has 0 spiro atoms. The highest BCUT2D eigenvalue weighted by molar-refractivity contribution is 5.82. The molecule has 1 aromatic carbocycles. The zero-order chi connectivity index (χ0) is 26.0. The lowest BCUT2D eigenvalue weighted by Gasteiger charge is -2.32. The maximum Gasteiger partial charge on any atom is 0.328 e. The van der Waals surface area contributed by atoms with Gasteiger partial charge in [0.05, 0.1) is 6.61 Å². The molecule has 2 aromatic heterocycles. The number of hydrogen-bond acceptors (Lipinski definition) is 8. The van der Waals surface area contributed by atoms with Crippen LogP contribution in [0.2, 0.25) is 0 Å². The number of likely N-dealkylation sites (N-methyl/N-ethyl adjacent to an activating group) is 1. The molecule has 202 valence electrons. The summed E-state index contributed by atoms with van der Waals surface area (Å²) in [5, 5.41) is 3.44. The van der Waals surface area contributed by atoms with Crippen LogP contribution in [-0.4, -0.2) is 70.9 Å². The quantitative estimate of drug-likeness (QED) is 0.282. The molecule has 1 aliphatic heterocycles. The van der Waals surface area contributed by atoms with Crippen molar-refractivity contribution in [1.82, 2.24) is 29.7 Å². The summed E-state index contributed by atoms with van der Waals surface area (Å²) in [5.74, 6) is 1.51. The molecule has 1 saturated heterocycles. The van der Waals surface area contributed by atoms with Crippen LogP contribution in [0.25, 0.3) is 11.2 Å². The standard InChI is InChI=1S/C27H41N7O3/c1-3-4-18-37-26-31-24(28)23-25(32-26)34(27(35)30-23)22(20-12-14-29-15-13-20)11-8-16-33(2)17-19-36-21-9-6-5-7-10-21/h5-7,9-10,20,22,29H,3-4,8,11-19H2,1-2H3,(H,30,35)(H2,28,31,32). The van der Waals surface area contributed by atoms with Crippen LogP contribution >= 0.6 is 0 Å². The molecule has 0 saturated carbocycles. The largest absolute Gasteiger partial charge is 0.492 e. The summed E-state index contributed by atoms with van der Waals surface area (Å²) < 4.78 is 13.4. The number of aromatic nitrogens is 4. The van der Waals surface area contributed by atoms with E-state index in [1.165, 1.54) is 0 Å². The number of rotatable bonds is 14. The van der Waals surface area contributed by atoms with E-state index in [0.717, 1.165) is 70.5 Å². The minimum atomic E-state index is -0.185. The predicted octanol–water partition coefficient (Wildman–Crippen LogP) is 3.21. The number of benzene rings is 1. The molecule has 4 rings (SSSR count). The van der Waals surface area contributed by atoms with Crippen molar-refractivity contribution in [3.05, 3.63) is 40.8 Å². The van der Waals surface area contributed by atoms with Crippen molar-refractivity contribution < 1.29 is 9.47 Å². The highest BCUT2D eigenvalue weighted by Gasteiger charge is 2.29. The van der Waals surface area contributed by atoms with E-state index in [0.29, 0.717) is 30.3 Å². The van der Waals surface area contributed by atoms with Gasteiger partial charge in [-0.15, -0.1) is 0 Å². The summed E-state index contributed by atoms with van der Waals surface area (Å²) in [6.45, 7) is 6.92. The summed E-state index contributed by atoms with van der Waals surface area (Å²) in [4.78, 5) is 27.3. The second kappa shape index (κ2) is 13.4. The summed E-state index contributed by atoms with van der Waals surface area (Å²) in [7, 11) is 2.11. The number of imidazole rings is 1. The molecule has 37 heavy (non-hydrogen) atoms. The molecule has 0 radical (unpaired) electrons. The van der Waals surface area contributed by atoms with E-state index >= 15 is 0 Å². The monoisotopic (exact) mass is 511 g/mol. The Morgan fingerprint density at radius 1 is 1.11 bits per heavy atom. The molecule has 0 bridgehead atoms. The number of piperidine rings is 1. The number of unbranched alkanes of at least 4 members (excludes halogenated alkanes) is 1. The lowest BCUT2D eigenvalue weighted by molar-refractivity contribution is 0.213. The number of fused-ring (bicyclic) bond motifs is 1. The van der Waals surface area contributed by atoms with E-state index in [1.54, 1.807) is 0 Å². The summed E-state index contributed by atoms with van der Waals surface area (Å²) >= 11 is 0. The fourth-order valence-corrected chi connectivity index (χ4v) is 5.01. The van der Waals surface area contributed by atoms with Gasteiger partial charge in [0.1, 0.15) is 17.9 Å². The molecule has 0 aliphatic carbocycles. The van der Waals surface area contributed by atoms with E-state index in [4.69, 9.17) is 15.2 Å². The molecule has 4 N–H and O–H groups in total. The SMILES string of the molecule is CCCCOc1nc(N)c2[nH]c(=O)n(C(CCCN(C)CCOc3ccccc3)C3CCNCC3)c2n1. The molecule has 3 heterocycles. The van der Waals surface area contributed by atoms with E-state index in [1.807, 2.05) is 34.9 Å². The fourth-order valence-electron chi connectivity index (χ4n) is 5.01. The van der Waals surface area contributed by atoms with Gasteiger partial charge in [-0.3, -0.25) is 4.57 Å². The molecule has 1 atom stereocenters. The highest BCUT2D eigenvalue weighted by Crippen LogP contribution is 2.32. The fraction of sp³-hybridized carbons (Fsp3) is 0.593. The molecule has 1 aliphatic rings. The number of hydrogen-bond donors (Lipinski definition) is 3. The first kappa shape index (κ1) is 26.9. The lowest BCUT2D eigenvalue weighted by atomic mass is 9.87. The van der Waals surface area contributed by atoms with Gasteiger partial charge in [0.15, 0.2) is 11.5 Å². The Hall–Kier alpha value is -3.11. The number of nitrogens with one attached hydrogen (secondary N) is 2. The van der Waals surface area contributed by atoms with Crippen molar-refractivity contribution in [2.24, 2.45) is 5.92 Å². The Morgan fingerprint density at radius 3 is 2.65 bits per heavy atom. The minimum absolute atomic E-state index is 0.0233. The molecule has 10 heteroatoms. The Morgan fingerprint density at radius 2 is 1.89 bits per heavy atom. The van der Waals surface area contributed by atoms with Gasteiger partial charge in [0.2, 0.25) is 0 Å². The Kier molecular flexibility index (Phi) is 9.78. The smallest absolute Gasteiger partial charge is 0.328 e. The van der Waals surface area contributed by atoms with Crippen LogP contribution in [0.1, 0.15) is 51.5 Å². The van der Waals surface area contributed by atoms with Gasteiger partial charge in [-0.1, -0.05) is 31.5 Å². The first-order valence-corrected chi connectivity index (χ1v) is 13.5.